The van der Waals surface area contributed by atoms with Gasteiger partial charge in [0.05, 0.1) is 4.70 Å². The number of anilines is 1. The van der Waals surface area contributed by atoms with Crippen molar-refractivity contribution >= 4 is 26.7 Å². The first kappa shape index (κ1) is 12.3. The van der Waals surface area contributed by atoms with E-state index in [1.165, 1.54) is 17.4 Å². The molecule has 0 bridgehead atoms. The summed E-state index contributed by atoms with van der Waals surface area (Å²) < 4.78 is 14.3. The zero-order chi connectivity index (χ0) is 12.3. The summed E-state index contributed by atoms with van der Waals surface area (Å²) in [5.74, 6) is -0.250. The fourth-order valence-electron chi connectivity index (χ4n) is 1.58. The van der Waals surface area contributed by atoms with Gasteiger partial charge < -0.3 is 10.2 Å². The number of nitrogens with one attached hydrogen (secondary N) is 1. The Morgan fingerprint density at radius 3 is 2.94 bits per heavy atom. The number of aromatic nitrogens is 1. The second-order valence-corrected chi connectivity index (χ2v) is 5.22. The molecule has 2 rings (SSSR count). The molecule has 0 unspecified atom stereocenters. The Balaban J connectivity index is 1.98. The summed E-state index contributed by atoms with van der Waals surface area (Å²) in [6.07, 6.45) is 1.05. The average molecular weight is 253 g/mol. The van der Waals surface area contributed by atoms with Crippen LogP contribution in [-0.4, -0.2) is 37.1 Å². The molecule has 5 heteroatoms. The first-order chi connectivity index (χ1) is 8.16. The number of hydrogen-bond donors (Lipinski definition) is 1. The highest BCUT2D eigenvalue weighted by molar-refractivity contribution is 7.22. The normalized spacial score (nSPS) is 11.3. The van der Waals surface area contributed by atoms with Crippen LogP contribution in [0.4, 0.5) is 9.52 Å². The van der Waals surface area contributed by atoms with E-state index in [-0.39, 0.29) is 5.82 Å². The minimum absolute atomic E-state index is 0.250. The van der Waals surface area contributed by atoms with Gasteiger partial charge in [0.2, 0.25) is 0 Å². The number of fused-ring (bicyclic) bond motifs is 1. The number of halogens is 1. The van der Waals surface area contributed by atoms with Crippen molar-refractivity contribution in [2.24, 2.45) is 0 Å². The van der Waals surface area contributed by atoms with Crippen molar-refractivity contribution in [3.8, 4) is 0 Å². The Hall–Kier alpha value is -1.20. The summed E-state index contributed by atoms with van der Waals surface area (Å²) in [6.45, 7) is 1.89. The average Bonchev–Trinajstić information content (AvgIpc) is 2.69. The molecule has 1 aromatic carbocycles. The van der Waals surface area contributed by atoms with Crippen LogP contribution in [0.3, 0.4) is 0 Å². The molecule has 0 spiro atoms. The molecule has 0 aliphatic carbocycles. The Bertz CT molecular complexity index is 495. The van der Waals surface area contributed by atoms with Gasteiger partial charge >= 0.3 is 0 Å². The molecule has 0 amide bonds. The van der Waals surface area contributed by atoms with E-state index >= 15 is 0 Å². The van der Waals surface area contributed by atoms with Crippen molar-refractivity contribution in [1.29, 1.82) is 0 Å². The Labute approximate surface area is 104 Å². The number of hydrogen-bond acceptors (Lipinski definition) is 4. The summed E-state index contributed by atoms with van der Waals surface area (Å²) in [5, 5.41) is 4.03. The third kappa shape index (κ3) is 3.14. The fourth-order valence-corrected chi connectivity index (χ4v) is 2.49. The monoisotopic (exact) mass is 253 g/mol. The van der Waals surface area contributed by atoms with E-state index < -0.39 is 0 Å². The topological polar surface area (TPSA) is 28.2 Å². The first-order valence-electron chi connectivity index (χ1n) is 5.60. The first-order valence-corrected chi connectivity index (χ1v) is 6.42. The van der Waals surface area contributed by atoms with Crippen LogP contribution in [0, 0.1) is 5.82 Å². The third-order valence-electron chi connectivity index (χ3n) is 2.43. The molecule has 0 saturated heterocycles. The molecule has 0 aliphatic rings. The second-order valence-electron chi connectivity index (χ2n) is 4.19. The lowest BCUT2D eigenvalue weighted by Crippen LogP contribution is -2.16. The van der Waals surface area contributed by atoms with Crippen molar-refractivity contribution in [1.82, 2.24) is 9.88 Å². The van der Waals surface area contributed by atoms with E-state index in [1.54, 1.807) is 6.07 Å². The van der Waals surface area contributed by atoms with Crippen molar-refractivity contribution in [3.63, 3.8) is 0 Å². The quantitative estimate of drug-likeness (QED) is 0.831. The molecule has 3 nitrogen and oxygen atoms in total. The largest absolute Gasteiger partial charge is 0.361 e. The lowest BCUT2D eigenvalue weighted by Gasteiger charge is -2.08. The van der Waals surface area contributed by atoms with Crippen LogP contribution in [0.5, 0.6) is 0 Å². The van der Waals surface area contributed by atoms with Crippen LogP contribution < -0.4 is 5.32 Å². The maximum Gasteiger partial charge on any atom is 0.183 e. The minimum Gasteiger partial charge on any atom is -0.361 e. The lowest BCUT2D eigenvalue weighted by atomic mass is 10.3. The molecule has 0 fully saturated rings. The molecule has 0 saturated carbocycles. The van der Waals surface area contributed by atoms with Gasteiger partial charge in [-0.15, -0.1) is 0 Å². The van der Waals surface area contributed by atoms with Gasteiger partial charge in [-0.2, -0.15) is 0 Å². The van der Waals surface area contributed by atoms with Crippen molar-refractivity contribution in [2.45, 2.75) is 6.42 Å². The number of rotatable bonds is 5. The number of benzene rings is 1. The molecule has 0 atom stereocenters. The highest BCUT2D eigenvalue weighted by atomic mass is 32.1. The second kappa shape index (κ2) is 5.42. The van der Waals surface area contributed by atoms with Gasteiger partial charge in [-0.3, -0.25) is 0 Å². The van der Waals surface area contributed by atoms with Crippen molar-refractivity contribution in [3.05, 3.63) is 24.0 Å². The van der Waals surface area contributed by atoms with Gasteiger partial charge in [-0.25, -0.2) is 9.37 Å². The van der Waals surface area contributed by atoms with Gasteiger partial charge in [-0.1, -0.05) is 17.4 Å². The van der Waals surface area contributed by atoms with E-state index in [0.717, 1.165) is 29.3 Å². The molecule has 92 valence electrons. The maximum atomic E-state index is 13.4. The summed E-state index contributed by atoms with van der Waals surface area (Å²) >= 11 is 1.49. The van der Waals surface area contributed by atoms with Crippen LogP contribution in [0.25, 0.3) is 10.2 Å². The third-order valence-corrected chi connectivity index (χ3v) is 3.41. The number of thiazole rings is 1. The van der Waals surface area contributed by atoms with E-state index in [1.807, 2.05) is 20.2 Å². The number of para-hydroxylation sites is 1. The van der Waals surface area contributed by atoms with Crippen LogP contribution >= 0.6 is 11.3 Å². The summed E-state index contributed by atoms with van der Waals surface area (Å²) in [6, 6.07) is 5.05. The molecule has 1 N–H and O–H groups in total. The van der Waals surface area contributed by atoms with Crippen LogP contribution in [0.2, 0.25) is 0 Å². The minimum atomic E-state index is -0.250. The van der Waals surface area contributed by atoms with E-state index in [9.17, 15) is 4.39 Å². The zero-order valence-corrected chi connectivity index (χ0v) is 10.9. The molecular formula is C12H16FN3S. The Kier molecular flexibility index (Phi) is 3.91. The van der Waals surface area contributed by atoms with Gasteiger partial charge in [0.1, 0.15) is 11.3 Å². The predicted molar refractivity (Wildman–Crippen MR) is 71.2 cm³/mol. The summed E-state index contributed by atoms with van der Waals surface area (Å²) in [4.78, 5) is 6.39. The SMILES string of the molecule is CN(C)CCCNc1nc2c(F)cccc2s1. The molecule has 2 aromatic rings. The van der Waals surface area contributed by atoms with Gasteiger partial charge in [0, 0.05) is 6.54 Å². The highest BCUT2D eigenvalue weighted by Gasteiger charge is 2.06. The fraction of sp³-hybridized carbons (Fsp3) is 0.417. The molecule has 0 radical (unpaired) electrons. The molecular weight excluding hydrogens is 237 g/mol. The summed E-state index contributed by atoms with van der Waals surface area (Å²) in [7, 11) is 4.10. The lowest BCUT2D eigenvalue weighted by molar-refractivity contribution is 0.405. The van der Waals surface area contributed by atoms with Crippen molar-refractivity contribution in [2.75, 3.05) is 32.5 Å². The van der Waals surface area contributed by atoms with Gasteiger partial charge in [0.15, 0.2) is 5.13 Å². The molecule has 1 aromatic heterocycles. The van der Waals surface area contributed by atoms with Crippen LogP contribution in [0.1, 0.15) is 6.42 Å². The maximum absolute atomic E-state index is 13.4. The van der Waals surface area contributed by atoms with Crippen LogP contribution in [-0.2, 0) is 0 Å². The standard InChI is InChI=1S/C12H16FN3S/c1-16(2)8-4-7-14-12-15-11-9(13)5-3-6-10(11)17-12/h3,5-6H,4,7-8H2,1-2H3,(H,14,15). The van der Waals surface area contributed by atoms with E-state index in [0.29, 0.717) is 5.52 Å². The summed E-state index contributed by atoms with van der Waals surface area (Å²) in [5.41, 5.74) is 0.465. The molecule has 0 aliphatic heterocycles. The van der Waals surface area contributed by atoms with Crippen molar-refractivity contribution < 1.29 is 4.39 Å². The molecule has 17 heavy (non-hydrogen) atoms. The smallest absolute Gasteiger partial charge is 0.183 e. The van der Waals surface area contributed by atoms with E-state index in [4.69, 9.17) is 0 Å². The van der Waals surface area contributed by atoms with E-state index in [2.05, 4.69) is 15.2 Å². The molecule has 1 heterocycles. The zero-order valence-electron chi connectivity index (χ0n) is 10.0. The van der Waals surface area contributed by atoms with Gasteiger partial charge in [0.25, 0.3) is 0 Å². The highest BCUT2D eigenvalue weighted by Crippen LogP contribution is 2.27. The Morgan fingerprint density at radius 2 is 2.24 bits per heavy atom. The van der Waals surface area contributed by atoms with Gasteiger partial charge in [-0.05, 0) is 39.2 Å². The van der Waals surface area contributed by atoms with Crippen LogP contribution in [0.15, 0.2) is 18.2 Å². The number of nitrogens with zero attached hydrogens (tertiary/aromatic N) is 2. The Morgan fingerprint density at radius 1 is 1.41 bits per heavy atom. The predicted octanol–water partition coefficient (Wildman–Crippen LogP) is 2.80.